The lowest BCUT2D eigenvalue weighted by atomic mass is 10.0. The Balaban J connectivity index is 0.00000400. The van der Waals surface area contributed by atoms with E-state index in [4.69, 9.17) is 11.2 Å². The van der Waals surface area contributed by atoms with Crippen LogP contribution in [0, 0.1) is 32.0 Å². The second-order valence-corrected chi connectivity index (χ2v) is 9.29. The number of nitrogens with zero attached hydrogens (tertiary/aromatic N) is 2. The molecule has 0 atom stereocenters. The van der Waals surface area contributed by atoms with Gasteiger partial charge in [0.15, 0.2) is 5.01 Å². The molecule has 4 rings (SSSR count). The smallest absolute Gasteiger partial charge is 0.300 e. The summed E-state index contributed by atoms with van der Waals surface area (Å²) < 4.78 is 21.8. The van der Waals surface area contributed by atoms with Crippen LogP contribution in [-0.2, 0) is 11.8 Å². The fraction of sp³-hybridized carbons (Fsp3) is 0.214. The third kappa shape index (κ3) is 5.43. The Kier molecular flexibility index (Phi) is 8.33. The Morgan fingerprint density at radius 2 is 1.87 bits per heavy atom. The number of rotatable bonds is 6. The summed E-state index contributed by atoms with van der Waals surface area (Å²) in [6, 6.07) is 7.63. The number of hydrogen-bond donors (Lipinski definition) is 2. The molecule has 2 heterocycles. The summed E-state index contributed by atoms with van der Waals surface area (Å²) in [5.41, 5.74) is 2.54. The molecule has 8 nitrogen and oxygen atoms in total. The van der Waals surface area contributed by atoms with Gasteiger partial charge >= 0.3 is 0 Å². The van der Waals surface area contributed by atoms with Gasteiger partial charge in [-0.05, 0) is 68.2 Å². The van der Waals surface area contributed by atoms with E-state index in [9.17, 15) is 18.8 Å². The molecule has 0 saturated carbocycles. The van der Waals surface area contributed by atoms with Crippen LogP contribution in [0.15, 0.2) is 41.3 Å². The van der Waals surface area contributed by atoms with Gasteiger partial charge in [0.1, 0.15) is 22.0 Å². The lowest BCUT2D eigenvalue weighted by Gasteiger charge is -2.17. The molecule has 0 aliphatic carbocycles. The van der Waals surface area contributed by atoms with Gasteiger partial charge in [-0.15, -0.1) is 17.8 Å². The zero-order valence-electron chi connectivity index (χ0n) is 20.6. The number of nitrogens with one attached hydrogen (secondary N) is 2. The van der Waals surface area contributed by atoms with E-state index in [-0.39, 0.29) is 29.7 Å². The summed E-state index contributed by atoms with van der Waals surface area (Å²) in [5, 5.41) is 5.44. The van der Waals surface area contributed by atoms with Crippen LogP contribution in [-0.4, -0.2) is 27.9 Å². The van der Waals surface area contributed by atoms with E-state index < -0.39 is 5.91 Å². The number of ether oxygens (including phenoxy) is 1. The van der Waals surface area contributed by atoms with E-state index in [0.717, 1.165) is 11.3 Å². The average Bonchev–Trinajstić information content (AvgIpc) is 3.30. The van der Waals surface area contributed by atoms with Crippen molar-refractivity contribution in [1.82, 2.24) is 14.9 Å². The normalized spacial score (nSPS) is 10.4. The van der Waals surface area contributed by atoms with Crippen molar-refractivity contribution < 1.29 is 18.7 Å². The van der Waals surface area contributed by atoms with Gasteiger partial charge < -0.3 is 19.9 Å². The molecular weight excluding hydrogens is 507 g/mol. The number of benzene rings is 2. The lowest BCUT2D eigenvalue weighted by molar-refractivity contribution is -0.111. The number of thiazole rings is 1. The predicted octanol–water partition coefficient (Wildman–Crippen LogP) is 5.17. The first-order chi connectivity index (χ1) is 17.6. The third-order valence-electron chi connectivity index (χ3n) is 5.55. The fourth-order valence-electron chi connectivity index (χ4n) is 3.89. The van der Waals surface area contributed by atoms with E-state index in [1.807, 2.05) is 5.92 Å². The molecule has 2 N–H and O–H groups in total. The minimum absolute atomic E-state index is 0. The molecule has 0 aliphatic heterocycles. The summed E-state index contributed by atoms with van der Waals surface area (Å²) in [5.74, 6) is 1.43. The summed E-state index contributed by atoms with van der Waals surface area (Å²) in [7, 11) is 1.59. The molecule has 0 radical (unpaired) electrons. The van der Waals surface area contributed by atoms with Gasteiger partial charge in [0, 0.05) is 36.6 Å². The molecule has 4 aromatic rings. The number of amides is 2. The van der Waals surface area contributed by atoms with Gasteiger partial charge in [0.2, 0.25) is 0 Å². The highest BCUT2D eigenvalue weighted by molar-refractivity contribution is 7.20. The topological polar surface area (TPSA) is 102 Å². The number of aromatic nitrogens is 2. The maximum absolute atomic E-state index is 13.9. The van der Waals surface area contributed by atoms with Crippen molar-refractivity contribution in [2.45, 2.75) is 28.2 Å². The highest BCUT2D eigenvalue weighted by Crippen LogP contribution is 2.40. The Hall–Kier alpha value is -4.49. The number of pyridine rings is 1. The third-order valence-corrected chi connectivity index (χ3v) is 6.59. The standard InChI is InChI=1S/C27H23FN4O4S.CH4/c1-6-21(33)30-17-8-9-20(36-23-14(3)10-16(28)11-15(23)4)18(12-17)19-13-32(5)27(35)24-22(19)31-26(37-24)25(34)29-7-2;/h1,8-13H,7H2,2-5H3,(H,29,34)(H,30,33);1H4. The molecule has 0 aliphatic rings. The van der Waals surface area contributed by atoms with Crippen molar-refractivity contribution in [3.8, 4) is 35.0 Å². The van der Waals surface area contributed by atoms with Crippen molar-refractivity contribution in [2.24, 2.45) is 7.05 Å². The predicted molar refractivity (Wildman–Crippen MR) is 148 cm³/mol. The van der Waals surface area contributed by atoms with Crippen molar-refractivity contribution in [2.75, 3.05) is 11.9 Å². The molecule has 196 valence electrons. The summed E-state index contributed by atoms with van der Waals surface area (Å²) >= 11 is 0.995. The zero-order valence-corrected chi connectivity index (χ0v) is 21.4. The molecule has 0 unspecified atom stereocenters. The molecule has 0 spiro atoms. The van der Waals surface area contributed by atoms with Crippen LogP contribution in [0.5, 0.6) is 11.5 Å². The fourth-order valence-corrected chi connectivity index (χ4v) is 4.87. The quantitative estimate of drug-likeness (QED) is 0.333. The summed E-state index contributed by atoms with van der Waals surface area (Å²) in [6.07, 6.45) is 6.80. The van der Waals surface area contributed by atoms with E-state index in [1.165, 1.54) is 16.7 Å². The van der Waals surface area contributed by atoms with Crippen molar-refractivity contribution in [3.63, 3.8) is 0 Å². The SMILES string of the molecule is C.C#CC(=O)Nc1ccc(Oc2c(C)cc(F)cc2C)c(-c2cn(C)c(=O)c3sc(C(=O)NCC)nc23)c1. The average molecular weight is 535 g/mol. The Morgan fingerprint density at radius 3 is 2.50 bits per heavy atom. The molecule has 10 heteroatoms. The highest BCUT2D eigenvalue weighted by atomic mass is 32.1. The van der Waals surface area contributed by atoms with Crippen LogP contribution in [0.1, 0.15) is 35.3 Å². The van der Waals surface area contributed by atoms with Crippen molar-refractivity contribution in [1.29, 1.82) is 0 Å². The van der Waals surface area contributed by atoms with E-state index >= 15 is 0 Å². The van der Waals surface area contributed by atoms with Crippen LogP contribution < -0.4 is 20.9 Å². The van der Waals surface area contributed by atoms with E-state index in [1.54, 1.807) is 52.2 Å². The second-order valence-electron chi connectivity index (χ2n) is 8.30. The van der Waals surface area contributed by atoms with Crippen LogP contribution in [0.4, 0.5) is 10.1 Å². The van der Waals surface area contributed by atoms with Crippen molar-refractivity contribution in [3.05, 3.63) is 68.8 Å². The number of carbonyl (C=O) groups excluding carboxylic acids is 2. The highest BCUT2D eigenvalue weighted by Gasteiger charge is 2.22. The molecule has 0 bridgehead atoms. The van der Waals surface area contributed by atoms with E-state index in [0.29, 0.717) is 56.2 Å². The van der Waals surface area contributed by atoms with Crippen molar-refractivity contribution >= 4 is 39.1 Å². The number of carbonyl (C=O) groups is 2. The number of anilines is 1. The molecule has 2 aromatic heterocycles. The Bertz CT molecular complexity index is 1640. The molecule has 38 heavy (non-hydrogen) atoms. The van der Waals surface area contributed by atoms with E-state index in [2.05, 4.69) is 15.6 Å². The summed E-state index contributed by atoms with van der Waals surface area (Å²) in [4.78, 5) is 41.7. The molecule has 2 amide bonds. The minimum atomic E-state index is -0.636. The number of fused-ring (bicyclic) bond motifs is 1. The maximum Gasteiger partial charge on any atom is 0.300 e. The first-order valence-electron chi connectivity index (χ1n) is 11.3. The first-order valence-corrected chi connectivity index (χ1v) is 12.1. The van der Waals surface area contributed by atoms with Gasteiger partial charge in [-0.2, -0.15) is 0 Å². The minimum Gasteiger partial charge on any atom is -0.456 e. The molecule has 0 saturated heterocycles. The number of terminal acetylenes is 1. The number of hydrogen-bond acceptors (Lipinski definition) is 6. The molecule has 2 aromatic carbocycles. The van der Waals surface area contributed by atoms with Crippen LogP contribution in [0.2, 0.25) is 0 Å². The van der Waals surface area contributed by atoms with Crippen LogP contribution >= 0.6 is 11.3 Å². The zero-order chi connectivity index (χ0) is 26.9. The maximum atomic E-state index is 13.9. The number of halogens is 1. The van der Waals surface area contributed by atoms with Crippen LogP contribution in [0.3, 0.4) is 0 Å². The van der Waals surface area contributed by atoms with Crippen LogP contribution in [0.25, 0.3) is 21.3 Å². The second kappa shape index (κ2) is 11.3. The largest absolute Gasteiger partial charge is 0.456 e. The Morgan fingerprint density at radius 1 is 1.18 bits per heavy atom. The first kappa shape index (κ1) is 28.1. The lowest BCUT2D eigenvalue weighted by Crippen LogP contribution is -2.22. The van der Waals surface area contributed by atoms with Gasteiger partial charge in [0.05, 0.1) is 5.52 Å². The molecular formula is C28H27FN4O4S. The van der Waals surface area contributed by atoms with Gasteiger partial charge in [-0.3, -0.25) is 14.4 Å². The molecule has 0 fully saturated rings. The summed E-state index contributed by atoms with van der Waals surface area (Å²) in [6.45, 7) is 5.66. The Labute approximate surface area is 223 Å². The van der Waals surface area contributed by atoms with Gasteiger partial charge in [-0.1, -0.05) is 7.43 Å². The monoisotopic (exact) mass is 534 g/mol. The van der Waals surface area contributed by atoms with Gasteiger partial charge in [0.25, 0.3) is 17.4 Å². The van der Waals surface area contributed by atoms with Gasteiger partial charge in [-0.25, -0.2) is 9.37 Å². The number of aryl methyl sites for hydroxylation is 3.